The van der Waals surface area contributed by atoms with Crippen LogP contribution < -0.4 is 4.90 Å². The van der Waals surface area contributed by atoms with Crippen LogP contribution in [0.3, 0.4) is 0 Å². The minimum Gasteiger partial charge on any atom is -0.389 e. The first-order chi connectivity index (χ1) is 9.78. The number of hydrogen-bond donors (Lipinski definition) is 1. The molecule has 0 heterocycles. The maximum absolute atomic E-state index is 12.3. The van der Waals surface area contributed by atoms with Crippen LogP contribution in [0.15, 0.2) is 24.3 Å². The van der Waals surface area contributed by atoms with Gasteiger partial charge in [0.1, 0.15) is 0 Å². The van der Waals surface area contributed by atoms with Crippen molar-refractivity contribution in [2.24, 2.45) is 0 Å². The Morgan fingerprint density at radius 1 is 1.19 bits per heavy atom. The van der Waals surface area contributed by atoms with Crippen LogP contribution >= 0.6 is 0 Å². The van der Waals surface area contributed by atoms with Gasteiger partial charge in [0.2, 0.25) is 0 Å². The molecule has 0 aliphatic heterocycles. The van der Waals surface area contributed by atoms with Gasteiger partial charge < -0.3 is 14.9 Å². The van der Waals surface area contributed by atoms with Gasteiger partial charge in [0.05, 0.1) is 5.60 Å². The van der Waals surface area contributed by atoms with Gasteiger partial charge in [0, 0.05) is 37.9 Å². The average Bonchev–Trinajstić information content (AvgIpc) is 2.42. The first-order valence-electron chi connectivity index (χ1n) is 7.61. The standard InChI is InChI=1S/C17H28N2O2/c1-6-12-19(7-2)15-10-8-14(9-11-15)16(20)18(5)13-17(3,4)21/h8-11,21H,6-7,12-13H2,1-5H3. The second-order valence-corrected chi connectivity index (χ2v) is 6.10. The summed E-state index contributed by atoms with van der Waals surface area (Å²) in [6.07, 6.45) is 1.10. The molecular weight excluding hydrogens is 264 g/mol. The highest BCUT2D eigenvalue weighted by Gasteiger charge is 2.20. The first kappa shape index (κ1) is 17.5. The lowest BCUT2D eigenvalue weighted by atomic mass is 10.1. The summed E-state index contributed by atoms with van der Waals surface area (Å²) in [6, 6.07) is 7.70. The van der Waals surface area contributed by atoms with Crippen molar-refractivity contribution in [3.8, 4) is 0 Å². The molecule has 4 nitrogen and oxygen atoms in total. The molecule has 0 aromatic heterocycles. The van der Waals surface area contributed by atoms with E-state index in [4.69, 9.17) is 0 Å². The lowest BCUT2D eigenvalue weighted by molar-refractivity contribution is 0.0368. The van der Waals surface area contributed by atoms with Crippen molar-refractivity contribution in [3.63, 3.8) is 0 Å². The second kappa shape index (κ2) is 7.46. The SMILES string of the molecule is CCCN(CC)c1ccc(C(=O)N(C)CC(C)(C)O)cc1. The smallest absolute Gasteiger partial charge is 0.253 e. The average molecular weight is 292 g/mol. The number of aliphatic hydroxyl groups is 1. The number of nitrogens with zero attached hydrogens (tertiary/aromatic N) is 2. The van der Waals surface area contributed by atoms with E-state index in [0.29, 0.717) is 12.1 Å². The molecule has 0 spiro atoms. The van der Waals surface area contributed by atoms with Crippen molar-refractivity contribution >= 4 is 11.6 Å². The van der Waals surface area contributed by atoms with Crippen molar-refractivity contribution in [1.29, 1.82) is 0 Å². The van der Waals surface area contributed by atoms with E-state index in [1.54, 1.807) is 25.8 Å². The molecule has 1 aromatic carbocycles. The first-order valence-corrected chi connectivity index (χ1v) is 7.61. The van der Waals surface area contributed by atoms with E-state index in [1.807, 2.05) is 24.3 Å². The molecule has 0 aliphatic carbocycles. The van der Waals surface area contributed by atoms with E-state index in [-0.39, 0.29) is 5.91 Å². The quantitative estimate of drug-likeness (QED) is 0.840. The van der Waals surface area contributed by atoms with Gasteiger partial charge in [-0.05, 0) is 51.5 Å². The topological polar surface area (TPSA) is 43.8 Å². The highest BCUT2D eigenvalue weighted by atomic mass is 16.3. The third-order valence-electron chi connectivity index (χ3n) is 3.33. The fourth-order valence-electron chi connectivity index (χ4n) is 2.43. The molecule has 1 amide bonds. The van der Waals surface area contributed by atoms with E-state index in [2.05, 4.69) is 18.7 Å². The van der Waals surface area contributed by atoms with Crippen molar-refractivity contribution in [2.45, 2.75) is 39.7 Å². The molecule has 0 unspecified atom stereocenters. The van der Waals surface area contributed by atoms with Gasteiger partial charge in [-0.2, -0.15) is 0 Å². The third kappa shape index (κ3) is 5.38. The predicted molar refractivity (Wildman–Crippen MR) is 87.9 cm³/mol. The summed E-state index contributed by atoms with van der Waals surface area (Å²) in [4.78, 5) is 16.1. The molecule has 0 bridgehead atoms. The summed E-state index contributed by atoms with van der Waals surface area (Å²) in [6.45, 7) is 9.97. The summed E-state index contributed by atoms with van der Waals surface area (Å²) < 4.78 is 0. The summed E-state index contributed by atoms with van der Waals surface area (Å²) in [7, 11) is 1.71. The summed E-state index contributed by atoms with van der Waals surface area (Å²) in [5.41, 5.74) is 0.906. The van der Waals surface area contributed by atoms with Crippen molar-refractivity contribution < 1.29 is 9.90 Å². The molecule has 0 fully saturated rings. The fourth-order valence-corrected chi connectivity index (χ4v) is 2.43. The summed E-state index contributed by atoms with van der Waals surface area (Å²) >= 11 is 0. The van der Waals surface area contributed by atoms with E-state index < -0.39 is 5.60 Å². The molecule has 0 aliphatic rings. The van der Waals surface area contributed by atoms with E-state index in [0.717, 1.165) is 25.2 Å². The Morgan fingerprint density at radius 3 is 2.19 bits per heavy atom. The molecule has 0 saturated heterocycles. The van der Waals surface area contributed by atoms with Crippen LogP contribution in [0.1, 0.15) is 44.5 Å². The molecule has 118 valence electrons. The van der Waals surface area contributed by atoms with Crippen LogP contribution in [0, 0.1) is 0 Å². The Bertz CT molecular complexity index is 449. The number of carbonyl (C=O) groups excluding carboxylic acids is 1. The summed E-state index contributed by atoms with van der Waals surface area (Å²) in [5.74, 6) is -0.0674. The lowest BCUT2D eigenvalue weighted by Crippen LogP contribution is -2.39. The van der Waals surface area contributed by atoms with Crippen LogP contribution in [-0.2, 0) is 0 Å². The minimum absolute atomic E-state index is 0.0674. The molecule has 4 heteroatoms. The Morgan fingerprint density at radius 2 is 1.76 bits per heavy atom. The van der Waals surface area contributed by atoms with Gasteiger partial charge >= 0.3 is 0 Å². The number of amides is 1. The van der Waals surface area contributed by atoms with Gasteiger partial charge in [0.25, 0.3) is 5.91 Å². The van der Waals surface area contributed by atoms with Gasteiger partial charge in [-0.15, -0.1) is 0 Å². The van der Waals surface area contributed by atoms with Crippen LogP contribution in [0.5, 0.6) is 0 Å². The fraction of sp³-hybridized carbons (Fsp3) is 0.588. The van der Waals surface area contributed by atoms with Crippen LogP contribution in [0.2, 0.25) is 0 Å². The number of hydrogen-bond acceptors (Lipinski definition) is 3. The highest BCUT2D eigenvalue weighted by Crippen LogP contribution is 2.17. The van der Waals surface area contributed by atoms with Crippen LogP contribution in [0.25, 0.3) is 0 Å². The lowest BCUT2D eigenvalue weighted by Gasteiger charge is -2.26. The Hall–Kier alpha value is -1.55. The zero-order valence-electron chi connectivity index (χ0n) is 13.9. The molecule has 1 N–H and O–H groups in total. The van der Waals surface area contributed by atoms with Gasteiger partial charge in [-0.3, -0.25) is 4.79 Å². The summed E-state index contributed by atoms with van der Waals surface area (Å²) in [5, 5.41) is 9.79. The van der Waals surface area contributed by atoms with Crippen LogP contribution in [0.4, 0.5) is 5.69 Å². The number of likely N-dealkylation sites (N-methyl/N-ethyl adjacent to an activating group) is 1. The van der Waals surface area contributed by atoms with Crippen molar-refractivity contribution in [1.82, 2.24) is 4.90 Å². The number of anilines is 1. The normalized spacial score (nSPS) is 11.3. The Labute approximate surface area is 128 Å². The molecule has 0 saturated carbocycles. The number of benzene rings is 1. The van der Waals surface area contributed by atoms with Gasteiger partial charge in [-0.1, -0.05) is 6.92 Å². The molecule has 1 aromatic rings. The third-order valence-corrected chi connectivity index (χ3v) is 3.33. The van der Waals surface area contributed by atoms with Crippen molar-refractivity contribution in [2.75, 3.05) is 31.6 Å². The molecular formula is C17H28N2O2. The number of rotatable bonds is 7. The maximum Gasteiger partial charge on any atom is 0.253 e. The Kier molecular flexibility index (Phi) is 6.21. The monoisotopic (exact) mass is 292 g/mol. The molecule has 1 rings (SSSR count). The number of carbonyl (C=O) groups is 1. The molecule has 21 heavy (non-hydrogen) atoms. The predicted octanol–water partition coefficient (Wildman–Crippen LogP) is 2.77. The highest BCUT2D eigenvalue weighted by molar-refractivity contribution is 5.94. The largest absolute Gasteiger partial charge is 0.389 e. The van der Waals surface area contributed by atoms with Crippen LogP contribution in [-0.4, -0.2) is 48.2 Å². The van der Waals surface area contributed by atoms with Crippen molar-refractivity contribution in [3.05, 3.63) is 29.8 Å². The van der Waals surface area contributed by atoms with Gasteiger partial charge in [0.15, 0.2) is 0 Å². The minimum atomic E-state index is -0.884. The Balaban J connectivity index is 2.79. The molecule has 0 atom stereocenters. The zero-order valence-corrected chi connectivity index (χ0v) is 13.9. The molecule has 0 radical (unpaired) electrons. The van der Waals surface area contributed by atoms with E-state index in [9.17, 15) is 9.90 Å². The maximum atomic E-state index is 12.3. The van der Waals surface area contributed by atoms with E-state index in [1.165, 1.54) is 0 Å². The second-order valence-electron chi connectivity index (χ2n) is 6.10. The zero-order chi connectivity index (χ0) is 16.0. The van der Waals surface area contributed by atoms with E-state index >= 15 is 0 Å². The van der Waals surface area contributed by atoms with Gasteiger partial charge in [-0.25, -0.2) is 0 Å².